The molecule has 0 heterocycles. The summed E-state index contributed by atoms with van der Waals surface area (Å²) in [5.74, 6) is 0.217. The fourth-order valence-corrected chi connectivity index (χ4v) is 3.04. The Labute approximate surface area is 130 Å². The maximum atomic E-state index is 11.7. The summed E-state index contributed by atoms with van der Waals surface area (Å²) in [6.45, 7) is 8.86. The van der Waals surface area contributed by atoms with Crippen LogP contribution in [-0.2, 0) is 13.8 Å². The molecule has 1 amide bonds. The van der Waals surface area contributed by atoms with Gasteiger partial charge in [-0.3, -0.25) is 4.79 Å². The third-order valence-electron chi connectivity index (χ3n) is 2.82. The maximum absolute atomic E-state index is 11.7. The van der Waals surface area contributed by atoms with E-state index in [2.05, 4.69) is 5.32 Å². The summed E-state index contributed by atoms with van der Waals surface area (Å²) in [4.78, 5) is 11.8. The molecule has 1 aromatic carbocycles. The van der Waals surface area contributed by atoms with Crippen molar-refractivity contribution in [3.63, 3.8) is 0 Å². The van der Waals surface area contributed by atoms with Gasteiger partial charge in [0.2, 0.25) is 0 Å². The zero-order valence-electron chi connectivity index (χ0n) is 12.8. The third kappa shape index (κ3) is 5.21. The average molecular weight is 334 g/mol. The van der Waals surface area contributed by atoms with E-state index in [-0.39, 0.29) is 22.9 Å². The van der Waals surface area contributed by atoms with E-state index >= 15 is 0 Å². The number of rotatable bonds is 4. The van der Waals surface area contributed by atoms with Gasteiger partial charge >= 0.3 is 0 Å². The Kier molecular flexibility index (Phi) is 5.28. The highest BCUT2D eigenvalue weighted by molar-refractivity contribution is 8.13. The lowest BCUT2D eigenvalue weighted by Gasteiger charge is -2.21. The van der Waals surface area contributed by atoms with Crippen molar-refractivity contribution in [1.82, 2.24) is 5.32 Å². The van der Waals surface area contributed by atoms with Crippen LogP contribution in [0.4, 0.5) is 0 Å². The highest BCUT2D eigenvalue weighted by Crippen LogP contribution is 2.28. The monoisotopic (exact) mass is 333 g/mol. The molecule has 0 atom stereocenters. The Morgan fingerprint density at radius 2 is 1.81 bits per heavy atom. The molecule has 0 aliphatic heterocycles. The minimum atomic E-state index is -3.79. The zero-order valence-corrected chi connectivity index (χ0v) is 14.4. The van der Waals surface area contributed by atoms with Crippen LogP contribution in [0.5, 0.6) is 5.75 Å². The fourth-order valence-electron chi connectivity index (χ4n) is 1.79. The quantitative estimate of drug-likeness (QED) is 0.859. The van der Waals surface area contributed by atoms with Gasteiger partial charge in [-0.25, -0.2) is 8.42 Å². The van der Waals surface area contributed by atoms with Crippen molar-refractivity contribution in [1.29, 1.82) is 0 Å². The molecule has 0 spiro atoms. The number of nitrogens with one attached hydrogen (secondary N) is 1. The number of benzene rings is 1. The van der Waals surface area contributed by atoms with E-state index in [0.29, 0.717) is 16.9 Å². The van der Waals surface area contributed by atoms with Crippen molar-refractivity contribution in [2.75, 3.05) is 6.61 Å². The Morgan fingerprint density at radius 3 is 2.29 bits per heavy atom. The van der Waals surface area contributed by atoms with Gasteiger partial charge in [0.05, 0.1) is 4.90 Å². The van der Waals surface area contributed by atoms with Crippen LogP contribution in [0.2, 0.25) is 0 Å². The molecular weight excluding hydrogens is 314 g/mol. The minimum Gasteiger partial charge on any atom is -0.483 e. The standard InChI is InChI=1S/C14H20ClNO4S/c1-9-10(2)12(21(15,18)19)7-6-11(9)20-8-13(17)16-14(3,4)5/h6-7H,8H2,1-5H3,(H,16,17). The molecule has 0 saturated heterocycles. The van der Waals surface area contributed by atoms with E-state index in [1.165, 1.54) is 12.1 Å². The maximum Gasteiger partial charge on any atom is 0.261 e. The molecule has 1 rings (SSSR count). The summed E-state index contributed by atoms with van der Waals surface area (Å²) in [7, 11) is 1.56. The van der Waals surface area contributed by atoms with E-state index in [9.17, 15) is 13.2 Å². The first-order valence-electron chi connectivity index (χ1n) is 6.40. The van der Waals surface area contributed by atoms with Gasteiger partial charge in [0.15, 0.2) is 6.61 Å². The second-order valence-corrected chi connectivity index (χ2v) is 8.37. The fraction of sp³-hybridized carbons (Fsp3) is 0.500. The molecule has 0 radical (unpaired) electrons. The average Bonchev–Trinajstić information content (AvgIpc) is 2.27. The number of amides is 1. The molecule has 0 bridgehead atoms. The summed E-state index contributed by atoms with van der Waals surface area (Å²) in [5.41, 5.74) is 0.820. The van der Waals surface area contributed by atoms with E-state index in [0.717, 1.165) is 0 Å². The Morgan fingerprint density at radius 1 is 1.24 bits per heavy atom. The van der Waals surface area contributed by atoms with Crippen LogP contribution in [-0.4, -0.2) is 26.5 Å². The van der Waals surface area contributed by atoms with Gasteiger partial charge in [-0.2, -0.15) is 0 Å². The van der Waals surface area contributed by atoms with Crippen molar-refractivity contribution < 1.29 is 17.9 Å². The number of carbonyl (C=O) groups is 1. The summed E-state index contributed by atoms with van der Waals surface area (Å²) >= 11 is 0. The molecule has 7 heteroatoms. The highest BCUT2D eigenvalue weighted by Gasteiger charge is 2.18. The first-order chi connectivity index (χ1) is 9.42. The van der Waals surface area contributed by atoms with Crippen LogP contribution in [0.15, 0.2) is 17.0 Å². The molecule has 5 nitrogen and oxygen atoms in total. The van der Waals surface area contributed by atoms with Crippen LogP contribution in [0.3, 0.4) is 0 Å². The molecular formula is C14H20ClNO4S. The predicted molar refractivity (Wildman–Crippen MR) is 82.3 cm³/mol. The predicted octanol–water partition coefficient (Wildman–Crippen LogP) is 2.52. The van der Waals surface area contributed by atoms with Crippen molar-refractivity contribution in [2.45, 2.75) is 45.1 Å². The minimum absolute atomic E-state index is 0.0492. The van der Waals surface area contributed by atoms with E-state index < -0.39 is 9.05 Å². The number of ether oxygens (including phenoxy) is 1. The Bertz CT molecular complexity index is 648. The molecule has 1 aromatic rings. The molecule has 21 heavy (non-hydrogen) atoms. The van der Waals surface area contributed by atoms with Crippen molar-refractivity contribution in [3.05, 3.63) is 23.3 Å². The first-order valence-corrected chi connectivity index (χ1v) is 8.71. The van der Waals surface area contributed by atoms with Crippen LogP contribution < -0.4 is 10.1 Å². The molecule has 0 unspecified atom stereocenters. The Hall–Kier alpha value is -1.27. The van der Waals surface area contributed by atoms with Gasteiger partial charge in [-0.15, -0.1) is 0 Å². The molecule has 0 fully saturated rings. The van der Waals surface area contributed by atoms with E-state index in [4.69, 9.17) is 15.4 Å². The van der Waals surface area contributed by atoms with Crippen molar-refractivity contribution in [3.8, 4) is 5.75 Å². The summed E-state index contributed by atoms with van der Waals surface area (Å²) in [5, 5.41) is 2.78. The van der Waals surface area contributed by atoms with Gasteiger partial charge < -0.3 is 10.1 Å². The van der Waals surface area contributed by atoms with Crippen LogP contribution in [0.1, 0.15) is 31.9 Å². The normalized spacial score (nSPS) is 12.1. The second kappa shape index (κ2) is 6.23. The van der Waals surface area contributed by atoms with Crippen molar-refractivity contribution in [2.24, 2.45) is 0 Å². The smallest absolute Gasteiger partial charge is 0.261 e. The highest BCUT2D eigenvalue weighted by atomic mass is 35.7. The van der Waals surface area contributed by atoms with Crippen molar-refractivity contribution >= 4 is 25.6 Å². The number of hydrogen-bond donors (Lipinski definition) is 1. The van der Waals surface area contributed by atoms with E-state index in [1.807, 2.05) is 20.8 Å². The SMILES string of the molecule is Cc1c(OCC(=O)NC(C)(C)C)ccc(S(=O)(=O)Cl)c1C. The molecule has 0 aromatic heterocycles. The third-order valence-corrected chi connectivity index (χ3v) is 4.29. The first kappa shape index (κ1) is 17.8. The molecule has 0 aliphatic carbocycles. The van der Waals surface area contributed by atoms with E-state index in [1.54, 1.807) is 13.8 Å². The second-order valence-electron chi connectivity index (χ2n) is 5.84. The Balaban J connectivity index is 2.88. The van der Waals surface area contributed by atoms with Crippen LogP contribution >= 0.6 is 10.7 Å². The number of carbonyl (C=O) groups excluding carboxylic acids is 1. The van der Waals surface area contributed by atoms with Crippen LogP contribution in [0.25, 0.3) is 0 Å². The summed E-state index contributed by atoms with van der Waals surface area (Å²) < 4.78 is 28.2. The van der Waals surface area contributed by atoms with Crippen LogP contribution in [0, 0.1) is 13.8 Å². The van der Waals surface area contributed by atoms with Gasteiger partial charge in [-0.05, 0) is 57.9 Å². The topological polar surface area (TPSA) is 72.5 Å². The molecule has 0 aliphatic rings. The molecule has 0 saturated carbocycles. The lowest BCUT2D eigenvalue weighted by atomic mass is 10.1. The summed E-state index contributed by atoms with van der Waals surface area (Å²) in [6, 6.07) is 2.88. The number of halogens is 1. The van der Waals surface area contributed by atoms with Gasteiger partial charge in [-0.1, -0.05) is 0 Å². The lowest BCUT2D eigenvalue weighted by Crippen LogP contribution is -2.43. The lowest BCUT2D eigenvalue weighted by molar-refractivity contribution is -0.124. The summed E-state index contributed by atoms with van der Waals surface area (Å²) in [6.07, 6.45) is 0. The molecule has 118 valence electrons. The number of hydrogen-bond acceptors (Lipinski definition) is 4. The largest absolute Gasteiger partial charge is 0.483 e. The van der Waals surface area contributed by atoms with Gasteiger partial charge in [0, 0.05) is 16.2 Å². The van der Waals surface area contributed by atoms with Gasteiger partial charge in [0.1, 0.15) is 5.75 Å². The van der Waals surface area contributed by atoms with Gasteiger partial charge in [0.25, 0.3) is 15.0 Å². The zero-order chi connectivity index (χ0) is 16.4. The molecule has 1 N–H and O–H groups in total.